The zero-order chi connectivity index (χ0) is 27.3. The largest absolute Gasteiger partial charge is 0.397 e. The Labute approximate surface area is 234 Å². The number of anilines is 1. The van der Waals surface area contributed by atoms with Crippen molar-refractivity contribution < 1.29 is 27.6 Å². The number of rotatable bonds is 6. The molecule has 2 N–H and O–H groups in total. The summed E-state index contributed by atoms with van der Waals surface area (Å²) in [4.78, 5) is 38.2. The number of carbonyl (C=O) groups is 3. The standard InChI is InChI=1S/C23H17Cl5F3N3O3/c24-11-3-10(4-12(25)5-11)18-19(23(18,27)28)21(37)32-13-1-2-16(26)15(6-13)20(36)33-14-8-34(9-14)17(35)7-22(29,30)31/h1-6,14,18-19H,7-9H2,(H,32,37)(H,33,36)/t18-,19+/m1/s1. The minimum absolute atomic E-state index is 0.0246. The SMILES string of the molecule is O=C(NC1CN(C(=O)CC(F)(F)F)C1)c1cc(NC(=O)[C@@H]2[C@@H](c3cc(Cl)cc(Cl)c3)C2(Cl)Cl)ccc1Cl. The Balaban J connectivity index is 1.38. The van der Waals surface area contributed by atoms with Gasteiger partial charge in [0.1, 0.15) is 10.8 Å². The van der Waals surface area contributed by atoms with Crippen LogP contribution in [0.1, 0.15) is 28.3 Å². The summed E-state index contributed by atoms with van der Waals surface area (Å²) in [5, 5.41) is 6.09. The number of nitrogens with one attached hydrogen (secondary N) is 2. The second-order valence-electron chi connectivity index (χ2n) is 8.78. The first kappa shape index (κ1) is 28.1. The molecule has 2 aromatic carbocycles. The van der Waals surface area contributed by atoms with E-state index in [9.17, 15) is 27.6 Å². The van der Waals surface area contributed by atoms with Crippen molar-refractivity contribution in [2.24, 2.45) is 5.92 Å². The second kappa shape index (κ2) is 10.3. The predicted octanol–water partition coefficient (Wildman–Crippen LogP) is 6.07. The molecule has 37 heavy (non-hydrogen) atoms. The van der Waals surface area contributed by atoms with Gasteiger partial charge in [-0.2, -0.15) is 13.2 Å². The number of hydrogen-bond acceptors (Lipinski definition) is 3. The van der Waals surface area contributed by atoms with Gasteiger partial charge in [-0.05, 0) is 42.0 Å². The molecule has 6 nitrogen and oxygen atoms in total. The van der Waals surface area contributed by atoms with Crippen molar-refractivity contribution in [2.45, 2.75) is 28.9 Å². The molecule has 1 aliphatic carbocycles. The number of halogens is 8. The fourth-order valence-corrected chi connectivity index (χ4v) is 5.71. The lowest BCUT2D eigenvalue weighted by atomic mass is 10.1. The van der Waals surface area contributed by atoms with E-state index in [1.54, 1.807) is 12.1 Å². The van der Waals surface area contributed by atoms with Gasteiger partial charge in [-0.25, -0.2) is 0 Å². The van der Waals surface area contributed by atoms with E-state index in [4.69, 9.17) is 58.0 Å². The van der Waals surface area contributed by atoms with Crippen LogP contribution < -0.4 is 10.6 Å². The third kappa shape index (κ3) is 6.40. The maximum atomic E-state index is 12.9. The van der Waals surface area contributed by atoms with E-state index >= 15 is 0 Å². The van der Waals surface area contributed by atoms with Gasteiger partial charge in [-0.1, -0.05) is 34.8 Å². The lowest BCUT2D eigenvalue weighted by Gasteiger charge is -2.39. The molecule has 0 unspecified atom stereocenters. The quantitative estimate of drug-likeness (QED) is 0.387. The van der Waals surface area contributed by atoms with Gasteiger partial charge in [-0.15, -0.1) is 23.2 Å². The molecule has 1 saturated carbocycles. The molecule has 1 saturated heterocycles. The molecule has 2 aromatic rings. The van der Waals surface area contributed by atoms with Gasteiger partial charge >= 0.3 is 6.18 Å². The zero-order valence-electron chi connectivity index (χ0n) is 18.5. The van der Waals surface area contributed by atoms with Crippen LogP contribution in [0.25, 0.3) is 0 Å². The highest BCUT2D eigenvalue weighted by Gasteiger charge is 2.67. The molecule has 4 rings (SSSR count). The van der Waals surface area contributed by atoms with Crippen LogP contribution in [-0.2, 0) is 9.59 Å². The third-order valence-corrected chi connectivity index (χ3v) is 7.69. The fraction of sp³-hybridized carbons (Fsp3) is 0.348. The highest BCUT2D eigenvalue weighted by molar-refractivity contribution is 6.53. The van der Waals surface area contributed by atoms with Gasteiger partial charge in [-0.3, -0.25) is 14.4 Å². The number of alkyl halides is 5. The Morgan fingerprint density at radius 2 is 1.62 bits per heavy atom. The van der Waals surface area contributed by atoms with E-state index in [2.05, 4.69) is 10.6 Å². The number of likely N-dealkylation sites (tertiary alicyclic amines) is 1. The lowest BCUT2D eigenvalue weighted by Crippen LogP contribution is -2.61. The molecular weight excluding hydrogens is 601 g/mol. The van der Waals surface area contributed by atoms with Crippen molar-refractivity contribution in [2.75, 3.05) is 18.4 Å². The van der Waals surface area contributed by atoms with Gasteiger partial charge in [0.15, 0.2) is 0 Å². The minimum atomic E-state index is -4.60. The van der Waals surface area contributed by atoms with Crippen LogP contribution >= 0.6 is 58.0 Å². The summed E-state index contributed by atoms with van der Waals surface area (Å²) in [5.74, 6) is -3.57. The van der Waals surface area contributed by atoms with Gasteiger partial charge in [0, 0.05) is 34.7 Å². The monoisotopic (exact) mass is 615 g/mol. The van der Waals surface area contributed by atoms with Crippen molar-refractivity contribution in [3.63, 3.8) is 0 Å². The summed E-state index contributed by atoms with van der Waals surface area (Å²) in [5.41, 5.74) is 0.868. The van der Waals surface area contributed by atoms with E-state index in [-0.39, 0.29) is 29.4 Å². The molecule has 0 bridgehead atoms. The fourth-order valence-electron chi connectivity index (χ4n) is 4.14. The summed E-state index contributed by atoms with van der Waals surface area (Å²) in [7, 11) is 0. The molecule has 1 heterocycles. The van der Waals surface area contributed by atoms with Crippen LogP contribution in [0.4, 0.5) is 18.9 Å². The average Bonchev–Trinajstić information content (AvgIpc) is 3.31. The summed E-state index contributed by atoms with van der Waals surface area (Å²) < 4.78 is 35.7. The van der Waals surface area contributed by atoms with Gasteiger partial charge in [0.25, 0.3) is 5.91 Å². The molecule has 198 valence electrons. The first-order valence-corrected chi connectivity index (χ1v) is 12.6. The van der Waals surface area contributed by atoms with Crippen molar-refractivity contribution in [3.05, 3.63) is 62.6 Å². The Hall–Kier alpha value is -1.91. The highest BCUT2D eigenvalue weighted by Crippen LogP contribution is 2.65. The summed E-state index contributed by atoms with van der Waals surface area (Å²) in [6, 6.07) is 8.47. The topological polar surface area (TPSA) is 78.5 Å². The smallest absolute Gasteiger partial charge is 0.346 e. The Morgan fingerprint density at radius 1 is 1.00 bits per heavy atom. The maximum Gasteiger partial charge on any atom is 0.397 e. The number of amides is 3. The molecule has 2 atom stereocenters. The van der Waals surface area contributed by atoms with Crippen LogP contribution in [0.5, 0.6) is 0 Å². The van der Waals surface area contributed by atoms with E-state index in [0.29, 0.717) is 15.6 Å². The first-order chi connectivity index (χ1) is 17.2. The second-order valence-corrected chi connectivity index (χ2v) is 11.5. The number of hydrogen-bond donors (Lipinski definition) is 2. The van der Waals surface area contributed by atoms with E-state index in [1.165, 1.54) is 24.3 Å². The summed E-state index contributed by atoms with van der Waals surface area (Å²) in [6.45, 7) is -0.113. The predicted molar refractivity (Wildman–Crippen MR) is 136 cm³/mol. The Kier molecular flexibility index (Phi) is 7.85. The molecule has 0 aromatic heterocycles. The molecule has 1 aliphatic heterocycles. The summed E-state index contributed by atoms with van der Waals surface area (Å²) in [6.07, 6.45) is -6.16. The molecule has 3 amide bonds. The van der Waals surface area contributed by atoms with Gasteiger partial charge < -0.3 is 15.5 Å². The zero-order valence-corrected chi connectivity index (χ0v) is 22.3. The molecule has 0 radical (unpaired) electrons. The molecule has 2 aliphatic rings. The van der Waals surface area contributed by atoms with Crippen LogP contribution in [0.2, 0.25) is 15.1 Å². The van der Waals surface area contributed by atoms with Crippen LogP contribution in [0.3, 0.4) is 0 Å². The normalized spacial score (nSPS) is 20.7. The van der Waals surface area contributed by atoms with E-state index < -0.39 is 52.5 Å². The average molecular weight is 618 g/mol. The molecule has 0 spiro atoms. The number of carbonyl (C=O) groups excluding carboxylic acids is 3. The summed E-state index contributed by atoms with van der Waals surface area (Å²) >= 11 is 31.0. The minimum Gasteiger partial charge on any atom is -0.346 e. The van der Waals surface area contributed by atoms with Gasteiger partial charge in [0.05, 0.1) is 22.5 Å². The van der Waals surface area contributed by atoms with Crippen molar-refractivity contribution in [3.8, 4) is 0 Å². The number of nitrogens with zero attached hydrogens (tertiary/aromatic N) is 1. The first-order valence-electron chi connectivity index (χ1n) is 10.8. The Morgan fingerprint density at radius 3 is 2.22 bits per heavy atom. The van der Waals surface area contributed by atoms with Crippen molar-refractivity contribution in [1.82, 2.24) is 10.2 Å². The van der Waals surface area contributed by atoms with E-state index in [0.717, 1.165) is 4.90 Å². The van der Waals surface area contributed by atoms with Gasteiger partial charge in [0.2, 0.25) is 11.8 Å². The Bertz CT molecular complexity index is 1250. The van der Waals surface area contributed by atoms with Crippen molar-refractivity contribution >= 4 is 81.4 Å². The lowest BCUT2D eigenvalue weighted by molar-refractivity contribution is -0.164. The highest BCUT2D eigenvalue weighted by atomic mass is 35.5. The molecule has 2 fully saturated rings. The van der Waals surface area contributed by atoms with Crippen LogP contribution in [0, 0.1) is 5.92 Å². The number of benzene rings is 2. The van der Waals surface area contributed by atoms with Crippen molar-refractivity contribution in [1.29, 1.82) is 0 Å². The van der Waals surface area contributed by atoms with Crippen LogP contribution in [-0.4, -0.2) is 52.3 Å². The maximum absolute atomic E-state index is 12.9. The third-order valence-electron chi connectivity index (χ3n) is 5.98. The van der Waals surface area contributed by atoms with E-state index in [1.807, 2.05) is 0 Å². The molecule has 14 heteroatoms. The van der Waals surface area contributed by atoms with Crippen LogP contribution in [0.15, 0.2) is 36.4 Å². The molecular formula is C23H17Cl5F3N3O3.